The predicted molar refractivity (Wildman–Crippen MR) is 87.7 cm³/mol. The van der Waals surface area contributed by atoms with Crippen LogP contribution in [0.5, 0.6) is 0 Å². The molecule has 2 heterocycles. The number of piperazine rings is 1. The van der Waals surface area contributed by atoms with Crippen molar-refractivity contribution in [2.24, 2.45) is 0 Å². The van der Waals surface area contributed by atoms with E-state index in [0.29, 0.717) is 6.04 Å². The lowest BCUT2D eigenvalue weighted by Gasteiger charge is -2.48. The van der Waals surface area contributed by atoms with Crippen LogP contribution in [0.1, 0.15) is 51.2 Å². The van der Waals surface area contributed by atoms with Crippen LogP contribution >= 0.6 is 0 Å². The van der Waals surface area contributed by atoms with E-state index in [1.54, 1.807) is 0 Å². The number of aliphatic hydroxyl groups is 1. The van der Waals surface area contributed by atoms with Gasteiger partial charge in [-0.05, 0) is 50.4 Å². The van der Waals surface area contributed by atoms with E-state index in [9.17, 15) is 5.11 Å². The molecule has 0 saturated carbocycles. The highest BCUT2D eigenvalue weighted by Gasteiger charge is 2.32. The summed E-state index contributed by atoms with van der Waals surface area (Å²) in [7, 11) is 0. The summed E-state index contributed by atoms with van der Waals surface area (Å²) in [6, 6.07) is 9.84. The van der Waals surface area contributed by atoms with Gasteiger partial charge < -0.3 is 10.0 Å². The Labute approximate surface area is 128 Å². The first-order valence-electron chi connectivity index (χ1n) is 8.47. The SMILES string of the molecule is CCC(O)c1ccc(N2CC3CCCCN3CC2C)cc1. The van der Waals surface area contributed by atoms with E-state index in [1.165, 1.54) is 38.0 Å². The summed E-state index contributed by atoms with van der Waals surface area (Å²) in [5.41, 5.74) is 2.34. The minimum Gasteiger partial charge on any atom is -0.388 e. The summed E-state index contributed by atoms with van der Waals surface area (Å²) in [6.45, 7) is 7.97. The highest BCUT2D eigenvalue weighted by molar-refractivity contribution is 5.49. The number of nitrogens with zero attached hydrogens (tertiary/aromatic N) is 2. The Balaban J connectivity index is 1.73. The molecule has 3 atom stereocenters. The molecule has 1 aromatic carbocycles. The molecule has 2 aliphatic rings. The zero-order valence-corrected chi connectivity index (χ0v) is 13.3. The second-order valence-corrected chi connectivity index (χ2v) is 6.66. The monoisotopic (exact) mass is 288 g/mol. The lowest BCUT2D eigenvalue weighted by atomic mass is 9.96. The lowest BCUT2D eigenvalue weighted by Crippen LogP contribution is -2.58. The Morgan fingerprint density at radius 1 is 1.19 bits per heavy atom. The minimum atomic E-state index is -0.327. The van der Waals surface area contributed by atoms with Crippen LogP contribution < -0.4 is 4.90 Å². The van der Waals surface area contributed by atoms with E-state index in [1.807, 2.05) is 6.92 Å². The fourth-order valence-corrected chi connectivity index (χ4v) is 3.84. The standard InChI is InChI=1S/C18H28N2O/c1-3-18(21)15-7-9-16(10-8-15)20-13-17-6-4-5-11-19(17)12-14(20)2/h7-10,14,17-18,21H,3-6,11-13H2,1-2H3. The van der Waals surface area contributed by atoms with Crippen molar-refractivity contribution in [2.45, 2.75) is 57.7 Å². The largest absolute Gasteiger partial charge is 0.388 e. The first kappa shape index (κ1) is 14.9. The molecular formula is C18H28N2O. The number of anilines is 1. The lowest BCUT2D eigenvalue weighted by molar-refractivity contribution is 0.115. The molecule has 0 aromatic heterocycles. The molecule has 0 amide bonds. The molecular weight excluding hydrogens is 260 g/mol. The van der Waals surface area contributed by atoms with Gasteiger partial charge in [0, 0.05) is 30.9 Å². The van der Waals surface area contributed by atoms with Crippen LogP contribution in [-0.2, 0) is 0 Å². The Kier molecular flexibility index (Phi) is 4.51. The van der Waals surface area contributed by atoms with Gasteiger partial charge >= 0.3 is 0 Å². The van der Waals surface area contributed by atoms with Crippen LogP contribution in [0.25, 0.3) is 0 Å². The molecule has 1 aromatic rings. The molecule has 2 aliphatic heterocycles. The van der Waals surface area contributed by atoms with Gasteiger partial charge in [0.05, 0.1) is 6.10 Å². The normalized spacial score (nSPS) is 28.2. The molecule has 3 heteroatoms. The maximum atomic E-state index is 9.92. The zero-order chi connectivity index (χ0) is 14.8. The zero-order valence-electron chi connectivity index (χ0n) is 13.3. The Bertz CT molecular complexity index is 459. The third kappa shape index (κ3) is 3.09. The fraction of sp³-hybridized carbons (Fsp3) is 0.667. The molecule has 3 rings (SSSR count). The van der Waals surface area contributed by atoms with E-state index in [2.05, 4.69) is 41.0 Å². The number of aliphatic hydroxyl groups excluding tert-OH is 1. The molecule has 116 valence electrons. The molecule has 3 nitrogen and oxygen atoms in total. The molecule has 0 spiro atoms. The van der Waals surface area contributed by atoms with E-state index in [-0.39, 0.29) is 6.10 Å². The number of benzene rings is 1. The van der Waals surface area contributed by atoms with Crippen molar-refractivity contribution < 1.29 is 5.11 Å². The molecule has 0 aliphatic carbocycles. The molecule has 21 heavy (non-hydrogen) atoms. The number of rotatable bonds is 3. The predicted octanol–water partition coefficient (Wildman–Crippen LogP) is 3.19. The van der Waals surface area contributed by atoms with Crippen molar-refractivity contribution in [3.05, 3.63) is 29.8 Å². The molecule has 3 unspecified atom stereocenters. The first-order chi connectivity index (χ1) is 10.2. The average molecular weight is 288 g/mol. The van der Waals surface area contributed by atoms with Gasteiger partial charge in [-0.25, -0.2) is 0 Å². The number of hydrogen-bond acceptors (Lipinski definition) is 3. The molecule has 0 bridgehead atoms. The van der Waals surface area contributed by atoms with Crippen molar-refractivity contribution >= 4 is 5.69 Å². The average Bonchev–Trinajstić information content (AvgIpc) is 2.53. The van der Waals surface area contributed by atoms with Crippen LogP contribution in [-0.4, -0.2) is 41.7 Å². The van der Waals surface area contributed by atoms with E-state index < -0.39 is 0 Å². The summed E-state index contributed by atoms with van der Waals surface area (Å²) in [5.74, 6) is 0. The van der Waals surface area contributed by atoms with E-state index in [4.69, 9.17) is 0 Å². The van der Waals surface area contributed by atoms with Gasteiger partial charge in [0.1, 0.15) is 0 Å². The maximum absolute atomic E-state index is 9.92. The molecule has 2 saturated heterocycles. The Morgan fingerprint density at radius 2 is 1.95 bits per heavy atom. The second kappa shape index (κ2) is 6.37. The summed E-state index contributed by atoms with van der Waals surface area (Å²) in [4.78, 5) is 5.23. The summed E-state index contributed by atoms with van der Waals surface area (Å²) in [5, 5.41) is 9.92. The molecule has 2 fully saturated rings. The Morgan fingerprint density at radius 3 is 2.67 bits per heavy atom. The van der Waals surface area contributed by atoms with Crippen molar-refractivity contribution in [3.8, 4) is 0 Å². The van der Waals surface area contributed by atoms with Crippen molar-refractivity contribution in [1.29, 1.82) is 0 Å². The van der Waals surface area contributed by atoms with E-state index >= 15 is 0 Å². The quantitative estimate of drug-likeness (QED) is 0.925. The van der Waals surface area contributed by atoms with Gasteiger partial charge in [-0.1, -0.05) is 25.5 Å². The topological polar surface area (TPSA) is 26.7 Å². The van der Waals surface area contributed by atoms with Gasteiger partial charge in [-0.3, -0.25) is 4.90 Å². The van der Waals surface area contributed by atoms with Crippen molar-refractivity contribution in [3.63, 3.8) is 0 Å². The maximum Gasteiger partial charge on any atom is 0.0787 e. The number of fused-ring (bicyclic) bond motifs is 1. The smallest absolute Gasteiger partial charge is 0.0787 e. The van der Waals surface area contributed by atoms with Crippen LogP contribution in [0, 0.1) is 0 Å². The summed E-state index contributed by atoms with van der Waals surface area (Å²) < 4.78 is 0. The third-order valence-corrected chi connectivity index (χ3v) is 5.18. The van der Waals surface area contributed by atoms with Crippen molar-refractivity contribution in [1.82, 2.24) is 4.90 Å². The highest BCUT2D eigenvalue weighted by atomic mass is 16.3. The van der Waals surface area contributed by atoms with Crippen LogP contribution in [0.15, 0.2) is 24.3 Å². The summed E-state index contributed by atoms with van der Waals surface area (Å²) >= 11 is 0. The van der Waals surface area contributed by atoms with Crippen LogP contribution in [0.4, 0.5) is 5.69 Å². The number of hydrogen-bond donors (Lipinski definition) is 1. The van der Waals surface area contributed by atoms with Crippen molar-refractivity contribution in [2.75, 3.05) is 24.5 Å². The third-order valence-electron chi connectivity index (χ3n) is 5.18. The highest BCUT2D eigenvalue weighted by Crippen LogP contribution is 2.29. The van der Waals surface area contributed by atoms with Gasteiger partial charge in [0.2, 0.25) is 0 Å². The van der Waals surface area contributed by atoms with Gasteiger partial charge in [-0.15, -0.1) is 0 Å². The van der Waals surface area contributed by atoms with Crippen LogP contribution in [0.3, 0.4) is 0 Å². The Hall–Kier alpha value is -1.06. The minimum absolute atomic E-state index is 0.327. The second-order valence-electron chi connectivity index (χ2n) is 6.66. The summed E-state index contributed by atoms with van der Waals surface area (Å²) in [6.07, 6.45) is 4.54. The van der Waals surface area contributed by atoms with Gasteiger partial charge in [0.25, 0.3) is 0 Å². The molecule has 0 radical (unpaired) electrons. The van der Waals surface area contributed by atoms with E-state index in [0.717, 1.165) is 24.6 Å². The number of piperidine rings is 1. The first-order valence-corrected chi connectivity index (χ1v) is 8.47. The van der Waals surface area contributed by atoms with Gasteiger partial charge in [-0.2, -0.15) is 0 Å². The molecule has 1 N–H and O–H groups in total. The fourth-order valence-electron chi connectivity index (χ4n) is 3.84. The van der Waals surface area contributed by atoms with Gasteiger partial charge in [0.15, 0.2) is 0 Å². The van der Waals surface area contributed by atoms with Crippen LogP contribution in [0.2, 0.25) is 0 Å².